The van der Waals surface area contributed by atoms with E-state index in [1.165, 1.54) is 11.1 Å². The highest BCUT2D eigenvalue weighted by molar-refractivity contribution is 5.28. The van der Waals surface area contributed by atoms with E-state index in [2.05, 4.69) is 29.4 Å². The average Bonchev–Trinajstić information content (AvgIpc) is 2.48. The summed E-state index contributed by atoms with van der Waals surface area (Å²) in [5.41, 5.74) is 3.65. The fourth-order valence-electron chi connectivity index (χ4n) is 2.06. The van der Waals surface area contributed by atoms with E-state index >= 15 is 0 Å². The molecule has 0 unspecified atom stereocenters. The Bertz CT molecular complexity index is 526. The van der Waals surface area contributed by atoms with Crippen LogP contribution in [0.3, 0.4) is 0 Å². The molecule has 100 valence electrons. The molecule has 0 bridgehead atoms. The maximum absolute atomic E-state index is 5.22. The van der Waals surface area contributed by atoms with Gasteiger partial charge in [-0.3, -0.25) is 4.98 Å². The molecule has 0 aliphatic carbocycles. The van der Waals surface area contributed by atoms with Crippen molar-refractivity contribution in [1.29, 1.82) is 0 Å². The summed E-state index contributed by atoms with van der Waals surface area (Å²) in [5, 5.41) is 3.43. The van der Waals surface area contributed by atoms with Gasteiger partial charge in [-0.25, -0.2) is 0 Å². The lowest BCUT2D eigenvalue weighted by Crippen LogP contribution is -2.15. The predicted octanol–water partition coefficient (Wildman–Crippen LogP) is 2.94. The molecule has 2 aromatic rings. The van der Waals surface area contributed by atoms with E-state index in [1.807, 2.05) is 30.5 Å². The van der Waals surface area contributed by atoms with Gasteiger partial charge in [-0.1, -0.05) is 25.1 Å². The summed E-state index contributed by atoms with van der Waals surface area (Å²) in [6.45, 7) is 3.76. The van der Waals surface area contributed by atoms with E-state index in [0.29, 0.717) is 0 Å². The van der Waals surface area contributed by atoms with Crippen molar-refractivity contribution in [3.63, 3.8) is 0 Å². The molecule has 0 radical (unpaired) electrons. The molecule has 1 aromatic carbocycles. The van der Waals surface area contributed by atoms with Gasteiger partial charge in [0.05, 0.1) is 12.8 Å². The summed E-state index contributed by atoms with van der Waals surface area (Å²) >= 11 is 0. The highest BCUT2D eigenvalue weighted by Gasteiger charge is 2.01. The van der Waals surface area contributed by atoms with Crippen LogP contribution < -0.4 is 10.1 Å². The number of hydrogen-bond donors (Lipinski definition) is 1. The van der Waals surface area contributed by atoms with E-state index in [4.69, 9.17) is 4.74 Å². The zero-order chi connectivity index (χ0) is 13.5. The van der Waals surface area contributed by atoms with Gasteiger partial charge in [0.2, 0.25) is 0 Å². The van der Waals surface area contributed by atoms with Crippen LogP contribution in [0.25, 0.3) is 0 Å². The molecule has 19 heavy (non-hydrogen) atoms. The van der Waals surface area contributed by atoms with Crippen molar-refractivity contribution in [2.75, 3.05) is 7.11 Å². The van der Waals surface area contributed by atoms with Crippen LogP contribution in [0.5, 0.6) is 5.75 Å². The number of aromatic nitrogens is 1. The Kier molecular flexibility index (Phi) is 4.93. The number of ether oxygens (including phenoxy) is 1. The minimum Gasteiger partial charge on any atom is -0.497 e. The molecule has 0 amide bonds. The first-order valence-electron chi connectivity index (χ1n) is 6.60. The average molecular weight is 256 g/mol. The standard InChI is InChI=1S/C16H20N2O/c1-3-14-7-5-9-18-16(14)12-17-11-13-6-4-8-15(10-13)19-2/h4-10,17H,3,11-12H2,1-2H3. The Morgan fingerprint density at radius 1 is 1.16 bits per heavy atom. The van der Waals surface area contributed by atoms with Gasteiger partial charge in [0.25, 0.3) is 0 Å². The first kappa shape index (κ1) is 13.6. The maximum Gasteiger partial charge on any atom is 0.119 e. The molecule has 0 saturated carbocycles. The van der Waals surface area contributed by atoms with Crippen molar-refractivity contribution in [3.05, 3.63) is 59.4 Å². The number of nitrogens with one attached hydrogen (secondary N) is 1. The summed E-state index contributed by atoms with van der Waals surface area (Å²) in [4.78, 5) is 4.43. The largest absolute Gasteiger partial charge is 0.497 e. The third-order valence-corrected chi connectivity index (χ3v) is 3.12. The summed E-state index contributed by atoms with van der Waals surface area (Å²) in [5.74, 6) is 0.895. The van der Waals surface area contributed by atoms with Crippen LogP contribution >= 0.6 is 0 Å². The predicted molar refractivity (Wildman–Crippen MR) is 77.2 cm³/mol. The fraction of sp³-hybridized carbons (Fsp3) is 0.312. The summed E-state index contributed by atoms with van der Waals surface area (Å²) in [6, 6.07) is 12.2. The summed E-state index contributed by atoms with van der Waals surface area (Å²) < 4.78 is 5.22. The van der Waals surface area contributed by atoms with Crippen LogP contribution in [0, 0.1) is 0 Å². The minimum absolute atomic E-state index is 0.793. The topological polar surface area (TPSA) is 34.2 Å². The first-order chi connectivity index (χ1) is 9.33. The lowest BCUT2D eigenvalue weighted by molar-refractivity contribution is 0.414. The van der Waals surface area contributed by atoms with Crippen LogP contribution in [0.2, 0.25) is 0 Å². The van der Waals surface area contributed by atoms with Crippen molar-refractivity contribution in [2.24, 2.45) is 0 Å². The van der Waals surface area contributed by atoms with E-state index in [9.17, 15) is 0 Å². The zero-order valence-corrected chi connectivity index (χ0v) is 11.5. The normalized spacial score (nSPS) is 10.4. The van der Waals surface area contributed by atoms with Gasteiger partial charge in [0.15, 0.2) is 0 Å². The van der Waals surface area contributed by atoms with Gasteiger partial charge in [-0.05, 0) is 35.7 Å². The molecule has 0 aliphatic heterocycles. The SMILES string of the molecule is CCc1cccnc1CNCc1cccc(OC)c1. The lowest BCUT2D eigenvalue weighted by Gasteiger charge is -2.09. The molecule has 2 rings (SSSR count). The second kappa shape index (κ2) is 6.90. The molecule has 1 aromatic heterocycles. The highest BCUT2D eigenvalue weighted by atomic mass is 16.5. The van der Waals surface area contributed by atoms with Crippen LogP contribution in [-0.2, 0) is 19.5 Å². The second-order valence-corrected chi connectivity index (χ2v) is 4.42. The third-order valence-electron chi connectivity index (χ3n) is 3.12. The molecule has 3 heteroatoms. The van der Waals surface area contributed by atoms with Crippen molar-refractivity contribution in [2.45, 2.75) is 26.4 Å². The third kappa shape index (κ3) is 3.80. The Labute approximate surface area is 114 Å². The van der Waals surface area contributed by atoms with Crippen molar-refractivity contribution >= 4 is 0 Å². The highest BCUT2D eigenvalue weighted by Crippen LogP contribution is 2.12. The zero-order valence-electron chi connectivity index (χ0n) is 11.5. The molecule has 3 nitrogen and oxygen atoms in total. The van der Waals surface area contributed by atoms with Gasteiger partial charge in [0, 0.05) is 19.3 Å². The summed E-state index contributed by atoms with van der Waals surface area (Å²) in [7, 11) is 1.69. The van der Waals surface area contributed by atoms with Crippen LogP contribution in [0.1, 0.15) is 23.7 Å². The monoisotopic (exact) mass is 256 g/mol. The Morgan fingerprint density at radius 2 is 2.05 bits per heavy atom. The van der Waals surface area contributed by atoms with E-state index in [1.54, 1.807) is 7.11 Å². The molecule has 1 N–H and O–H groups in total. The van der Waals surface area contributed by atoms with Gasteiger partial charge >= 0.3 is 0 Å². The number of pyridine rings is 1. The fourth-order valence-corrected chi connectivity index (χ4v) is 2.06. The van der Waals surface area contributed by atoms with E-state index in [0.717, 1.165) is 31.0 Å². The minimum atomic E-state index is 0.793. The van der Waals surface area contributed by atoms with Gasteiger partial charge in [-0.15, -0.1) is 0 Å². The van der Waals surface area contributed by atoms with Gasteiger partial charge in [-0.2, -0.15) is 0 Å². The summed E-state index contributed by atoms with van der Waals surface area (Å²) in [6.07, 6.45) is 2.87. The lowest BCUT2D eigenvalue weighted by atomic mass is 10.1. The van der Waals surface area contributed by atoms with Crippen molar-refractivity contribution in [1.82, 2.24) is 10.3 Å². The second-order valence-electron chi connectivity index (χ2n) is 4.42. The Hall–Kier alpha value is -1.87. The molecular formula is C16H20N2O. The number of nitrogens with zero attached hydrogens (tertiary/aromatic N) is 1. The molecule has 0 spiro atoms. The molecule has 0 aliphatic rings. The number of aryl methyl sites for hydroxylation is 1. The molecule has 1 heterocycles. The molecular weight excluding hydrogens is 236 g/mol. The first-order valence-corrected chi connectivity index (χ1v) is 6.60. The van der Waals surface area contributed by atoms with E-state index < -0.39 is 0 Å². The maximum atomic E-state index is 5.22. The number of methoxy groups -OCH3 is 1. The smallest absolute Gasteiger partial charge is 0.119 e. The molecule has 0 atom stereocenters. The van der Waals surface area contributed by atoms with Crippen LogP contribution in [0.4, 0.5) is 0 Å². The van der Waals surface area contributed by atoms with Crippen LogP contribution in [-0.4, -0.2) is 12.1 Å². The van der Waals surface area contributed by atoms with Gasteiger partial charge in [0.1, 0.15) is 5.75 Å². The van der Waals surface area contributed by atoms with Crippen LogP contribution in [0.15, 0.2) is 42.6 Å². The van der Waals surface area contributed by atoms with Crippen molar-refractivity contribution in [3.8, 4) is 5.75 Å². The molecule has 0 fully saturated rings. The molecule has 0 saturated heterocycles. The van der Waals surface area contributed by atoms with Gasteiger partial charge < -0.3 is 10.1 Å². The quantitative estimate of drug-likeness (QED) is 0.863. The number of rotatable bonds is 6. The number of benzene rings is 1. The Morgan fingerprint density at radius 3 is 2.84 bits per heavy atom. The van der Waals surface area contributed by atoms with E-state index in [-0.39, 0.29) is 0 Å². The Balaban J connectivity index is 1.92. The van der Waals surface area contributed by atoms with Crippen molar-refractivity contribution < 1.29 is 4.74 Å². The number of hydrogen-bond acceptors (Lipinski definition) is 3.